The highest BCUT2D eigenvalue weighted by atomic mass is 32.2. The molecular formula is C28H36FN3O2S. The van der Waals surface area contributed by atoms with Crippen LogP contribution in [0.4, 0.5) is 14.9 Å². The van der Waals surface area contributed by atoms with E-state index in [0.717, 1.165) is 56.6 Å². The van der Waals surface area contributed by atoms with Gasteiger partial charge in [-0.3, -0.25) is 4.21 Å². The number of nitrogens with one attached hydrogen (secondary N) is 1. The molecule has 188 valence electrons. The number of fused-ring (bicyclic) bond motifs is 1. The first-order valence-electron chi connectivity index (χ1n) is 12.9. The number of hydrogen-bond acceptors (Lipinski definition) is 3. The fourth-order valence-corrected chi connectivity index (χ4v) is 6.88. The Labute approximate surface area is 210 Å². The molecule has 2 aliphatic carbocycles. The smallest absolute Gasteiger partial charge is 0.321 e. The lowest BCUT2D eigenvalue weighted by Gasteiger charge is -2.37. The lowest BCUT2D eigenvalue weighted by atomic mass is 9.80. The van der Waals surface area contributed by atoms with E-state index in [4.69, 9.17) is 0 Å². The Morgan fingerprint density at radius 1 is 1.20 bits per heavy atom. The maximum absolute atomic E-state index is 13.7. The van der Waals surface area contributed by atoms with Gasteiger partial charge in [-0.15, -0.1) is 0 Å². The second-order valence-electron chi connectivity index (χ2n) is 10.5. The number of benzene rings is 2. The summed E-state index contributed by atoms with van der Waals surface area (Å²) in [6.07, 6.45) is 9.33. The van der Waals surface area contributed by atoms with Crippen LogP contribution in [-0.2, 0) is 16.2 Å². The first-order chi connectivity index (χ1) is 16.9. The normalized spacial score (nSPS) is 26.7. The lowest BCUT2D eigenvalue weighted by molar-refractivity contribution is 0.156. The molecule has 4 atom stereocenters. The summed E-state index contributed by atoms with van der Waals surface area (Å²) < 4.78 is 25.7. The number of anilines is 1. The van der Waals surface area contributed by atoms with Gasteiger partial charge in [-0.05, 0) is 112 Å². The Kier molecular flexibility index (Phi) is 7.26. The van der Waals surface area contributed by atoms with Crippen LogP contribution in [0.1, 0.15) is 50.5 Å². The van der Waals surface area contributed by atoms with Crippen LogP contribution in [0.3, 0.4) is 0 Å². The fourth-order valence-electron chi connectivity index (χ4n) is 6.31. The molecule has 1 saturated heterocycles. The molecule has 7 heteroatoms. The SMILES string of the molecule is CS(=O)c1cccc([C@]23CC[C@@H](N(CCCN4CCCC4)C(=O)Nc4cccc(F)c4)CC2C3)c1. The van der Waals surface area contributed by atoms with E-state index in [-0.39, 0.29) is 23.3 Å². The van der Waals surface area contributed by atoms with Gasteiger partial charge in [0, 0.05) is 40.2 Å². The Hall–Kier alpha value is -2.25. The van der Waals surface area contributed by atoms with E-state index in [1.807, 2.05) is 17.0 Å². The van der Waals surface area contributed by atoms with Crippen molar-refractivity contribution in [3.63, 3.8) is 0 Å². The summed E-state index contributed by atoms with van der Waals surface area (Å²) in [6.45, 7) is 4.05. The molecule has 1 aliphatic heterocycles. The number of urea groups is 1. The van der Waals surface area contributed by atoms with E-state index in [1.165, 1.54) is 30.5 Å². The summed E-state index contributed by atoms with van der Waals surface area (Å²) in [6, 6.07) is 14.5. The highest BCUT2D eigenvalue weighted by Gasteiger charge is 2.58. The zero-order valence-electron chi connectivity index (χ0n) is 20.5. The third kappa shape index (κ3) is 5.46. The number of likely N-dealkylation sites (tertiary alicyclic amines) is 1. The second kappa shape index (κ2) is 10.4. The standard InChI is InChI=1S/C28H36FN3O2S/c1-35(34)26-10-4-7-21(18-26)28-12-11-25(17-22(28)20-28)32(16-6-15-31-13-2-3-14-31)27(33)30-24-9-5-8-23(29)19-24/h4-5,7-10,18-19,22,25H,2-3,6,11-17,20H2,1H3,(H,30,33)/t22?,25-,28-,35?/m1/s1. The highest BCUT2D eigenvalue weighted by molar-refractivity contribution is 7.84. The molecule has 0 aromatic heterocycles. The van der Waals surface area contributed by atoms with Gasteiger partial charge in [0.25, 0.3) is 0 Å². The number of amides is 2. The summed E-state index contributed by atoms with van der Waals surface area (Å²) in [5.41, 5.74) is 1.98. The van der Waals surface area contributed by atoms with Crippen molar-refractivity contribution in [2.75, 3.05) is 37.8 Å². The average Bonchev–Trinajstić information content (AvgIpc) is 3.36. The van der Waals surface area contributed by atoms with Crippen molar-refractivity contribution in [1.29, 1.82) is 0 Å². The molecule has 0 spiro atoms. The van der Waals surface area contributed by atoms with Crippen LogP contribution in [0.15, 0.2) is 53.4 Å². The van der Waals surface area contributed by atoms with Crippen LogP contribution in [0.25, 0.3) is 0 Å². The van der Waals surface area contributed by atoms with Crippen LogP contribution in [-0.4, -0.2) is 58.5 Å². The quantitative estimate of drug-likeness (QED) is 0.532. The van der Waals surface area contributed by atoms with Gasteiger partial charge in [0.05, 0.1) is 0 Å². The largest absolute Gasteiger partial charge is 0.322 e. The zero-order chi connectivity index (χ0) is 24.4. The summed E-state index contributed by atoms with van der Waals surface area (Å²) in [4.78, 5) is 18.8. The maximum Gasteiger partial charge on any atom is 0.322 e. The Balaban J connectivity index is 1.27. The topological polar surface area (TPSA) is 52.7 Å². The van der Waals surface area contributed by atoms with E-state index in [9.17, 15) is 13.4 Å². The van der Waals surface area contributed by atoms with Crippen LogP contribution in [0.5, 0.6) is 0 Å². The minimum atomic E-state index is -0.982. The molecule has 5 rings (SSSR count). The van der Waals surface area contributed by atoms with Gasteiger partial charge in [-0.1, -0.05) is 18.2 Å². The maximum atomic E-state index is 13.7. The molecular weight excluding hydrogens is 461 g/mol. The molecule has 2 amide bonds. The molecule has 3 aliphatic rings. The van der Waals surface area contributed by atoms with Crippen molar-refractivity contribution in [2.24, 2.45) is 5.92 Å². The minimum absolute atomic E-state index is 0.126. The van der Waals surface area contributed by atoms with Gasteiger partial charge in [0.1, 0.15) is 5.82 Å². The lowest BCUT2D eigenvalue weighted by Crippen LogP contribution is -2.46. The fraction of sp³-hybridized carbons (Fsp3) is 0.536. The number of nitrogens with zero attached hydrogens (tertiary/aromatic N) is 2. The van der Waals surface area contributed by atoms with Crippen molar-refractivity contribution >= 4 is 22.5 Å². The van der Waals surface area contributed by atoms with E-state index in [2.05, 4.69) is 22.3 Å². The van der Waals surface area contributed by atoms with Gasteiger partial charge in [0.15, 0.2) is 0 Å². The van der Waals surface area contributed by atoms with Crippen LogP contribution in [0, 0.1) is 11.7 Å². The van der Waals surface area contributed by atoms with Crippen molar-refractivity contribution in [2.45, 2.75) is 61.3 Å². The van der Waals surface area contributed by atoms with Crippen molar-refractivity contribution < 1.29 is 13.4 Å². The Bertz CT molecular complexity index is 1090. The molecule has 0 radical (unpaired) electrons. The van der Waals surface area contributed by atoms with E-state index in [1.54, 1.807) is 18.4 Å². The number of rotatable bonds is 8. The van der Waals surface area contributed by atoms with Crippen molar-refractivity contribution in [1.82, 2.24) is 9.80 Å². The molecule has 2 unspecified atom stereocenters. The van der Waals surface area contributed by atoms with Crippen LogP contribution >= 0.6 is 0 Å². The van der Waals surface area contributed by atoms with Gasteiger partial charge >= 0.3 is 6.03 Å². The third-order valence-corrected chi connectivity index (χ3v) is 9.22. The molecule has 1 N–H and O–H groups in total. The molecule has 35 heavy (non-hydrogen) atoms. The van der Waals surface area contributed by atoms with E-state index in [0.29, 0.717) is 18.2 Å². The number of hydrogen-bond donors (Lipinski definition) is 1. The monoisotopic (exact) mass is 497 g/mol. The second-order valence-corrected chi connectivity index (χ2v) is 11.9. The summed E-state index contributed by atoms with van der Waals surface area (Å²) in [5.74, 6) is 0.198. The summed E-state index contributed by atoms with van der Waals surface area (Å²) >= 11 is 0. The van der Waals surface area contributed by atoms with Gasteiger partial charge in [0.2, 0.25) is 0 Å². The van der Waals surface area contributed by atoms with Gasteiger partial charge in [-0.25, -0.2) is 9.18 Å². The first-order valence-corrected chi connectivity index (χ1v) is 14.5. The summed E-state index contributed by atoms with van der Waals surface area (Å²) in [7, 11) is -0.982. The predicted molar refractivity (Wildman–Crippen MR) is 139 cm³/mol. The van der Waals surface area contributed by atoms with Crippen LogP contribution < -0.4 is 5.32 Å². The molecule has 2 aromatic carbocycles. The van der Waals surface area contributed by atoms with E-state index >= 15 is 0 Å². The van der Waals surface area contributed by atoms with E-state index < -0.39 is 10.8 Å². The highest BCUT2D eigenvalue weighted by Crippen LogP contribution is 2.63. The molecule has 2 aromatic rings. The number of halogens is 1. The van der Waals surface area contributed by atoms with Crippen LogP contribution in [0.2, 0.25) is 0 Å². The minimum Gasteiger partial charge on any atom is -0.321 e. The average molecular weight is 498 g/mol. The molecule has 2 saturated carbocycles. The third-order valence-electron chi connectivity index (χ3n) is 8.30. The Morgan fingerprint density at radius 2 is 2.00 bits per heavy atom. The number of carbonyl (C=O) groups is 1. The first kappa shape index (κ1) is 24.4. The predicted octanol–water partition coefficient (Wildman–Crippen LogP) is 5.39. The summed E-state index contributed by atoms with van der Waals surface area (Å²) in [5, 5.41) is 2.95. The molecule has 0 bridgehead atoms. The van der Waals surface area contributed by atoms with Crippen molar-refractivity contribution in [3.05, 3.63) is 59.9 Å². The van der Waals surface area contributed by atoms with Gasteiger partial charge in [-0.2, -0.15) is 0 Å². The molecule has 1 heterocycles. The number of carbonyl (C=O) groups excluding carboxylic acids is 1. The van der Waals surface area contributed by atoms with Gasteiger partial charge < -0.3 is 15.1 Å². The molecule has 5 nitrogen and oxygen atoms in total. The Morgan fingerprint density at radius 3 is 2.74 bits per heavy atom. The van der Waals surface area contributed by atoms with Crippen molar-refractivity contribution in [3.8, 4) is 0 Å². The molecule has 3 fully saturated rings. The zero-order valence-corrected chi connectivity index (χ0v) is 21.4.